The van der Waals surface area contributed by atoms with Gasteiger partial charge < -0.3 is 4.57 Å². The molecule has 1 nitrogen and oxygen atoms in total. The zero-order chi connectivity index (χ0) is 37.0. The van der Waals surface area contributed by atoms with E-state index in [9.17, 15) is 0 Å². The first-order valence-electron chi connectivity index (χ1n) is 18.0. The molecule has 0 saturated heterocycles. The third kappa shape index (κ3) is 6.04. The fraction of sp³-hybridized carbons (Fsp3) is 0.0204. The number of halogens is 3. The first kappa shape index (κ1) is 34.8. The van der Waals surface area contributed by atoms with Crippen molar-refractivity contribution in [1.82, 2.24) is 4.57 Å². The van der Waals surface area contributed by atoms with E-state index in [1.165, 1.54) is 99.1 Å². The molecular formula is C49H29Br3NS2+. The fourth-order valence-corrected chi connectivity index (χ4v) is 12.0. The lowest BCUT2D eigenvalue weighted by atomic mass is 10.0. The first-order valence-corrected chi connectivity index (χ1v) is 22.0. The third-order valence-electron chi connectivity index (χ3n) is 10.3. The smallest absolute Gasteiger partial charge is 0.107 e. The van der Waals surface area contributed by atoms with E-state index in [0.29, 0.717) is 0 Å². The van der Waals surface area contributed by atoms with E-state index in [4.69, 9.17) is 0 Å². The second-order valence-electron chi connectivity index (χ2n) is 13.5. The van der Waals surface area contributed by atoms with Gasteiger partial charge in [-0.2, -0.15) is 0 Å². The number of hydrogen-bond acceptors (Lipinski definition) is 2. The van der Waals surface area contributed by atoms with Crippen molar-refractivity contribution in [3.8, 4) is 5.69 Å². The molecule has 2 aliphatic rings. The van der Waals surface area contributed by atoms with Crippen LogP contribution in [0, 0.1) is 6.08 Å². The van der Waals surface area contributed by atoms with Gasteiger partial charge in [0.1, 0.15) is 12.2 Å². The van der Waals surface area contributed by atoms with Gasteiger partial charge in [-0.15, -0.1) is 22.7 Å². The minimum Gasteiger partial charge on any atom is -0.308 e. The van der Waals surface area contributed by atoms with Crippen LogP contribution in [0.3, 0.4) is 0 Å². The molecule has 0 atom stereocenters. The van der Waals surface area contributed by atoms with Crippen molar-refractivity contribution in [3.63, 3.8) is 0 Å². The number of rotatable bonds is 1. The van der Waals surface area contributed by atoms with Crippen LogP contribution in [0.1, 0.15) is 11.1 Å². The summed E-state index contributed by atoms with van der Waals surface area (Å²) in [6, 6.07) is 51.8. The summed E-state index contributed by atoms with van der Waals surface area (Å²) in [5, 5.41) is 7.87. The van der Waals surface area contributed by atoms with Crippen LogP contribution in [0.25, 0.3) is 73.4 Å². The Hall–Kier alpha value is -4.65. The first-order chi connectivity index (χ1) is 27.0. The zero-order valence-corrected chi connectivity index (χ0v) is 35.6. The Morgan fingerprint density at radius 1 is 0.473 bits per heavy atom. The third-order valence-corrected chi connectivity index (χ3v) is 15.7. The highest BCUT2D eigenvalue weighted by Gasteiger charge is 2.25. The molecule has 0 N–H and O–H groups in total. The summed E-state index contributed by atoms with van der Waals surface area (Å²) < 4.78 is 11.2. The van der Waals surface area contributed by atoms with Gasteiger partial charge in [-0.3, -0.25) is 0 Å². The van der Waals surface area contributed by atoms with Gasteiger partial charge >= 0.3 is 0 Å². The fourth-order valence-electron chi connectivity index (χ4n) is 7.90. The predicted molar refractivity (Wildman–Crippen MR) is 250 cm³/mol. The molecule has 7 aromatic carbocycles. The predicted octanol–water partition coefficient (Wildman–Crippen LogP) is 16.4. The quantitative estimate of drug-likeness (QED) is 0.145. The lowest BCUT2D eigenvalue weighted by Gasteiger charge is -2.09. The molecule has 12 rings (SSSR count). The number of aromatic nitrogens is 1. The molecule has 0 saturated carbocycles. The average Bonchev–Trinajstić information content (AvgIpc) is 3.99. The number of allylic oxidation sites excluding steroid dienone is 6. The zero-order valence-electron chi connectivity index (χ0n) is 29.2. The molecular weight excluding hydrogens is 906 g/mol. The van der Waals surface area contributed by atoms with E-state index in [0.717, 1.165) is 10.9 Å². The largest absolute Gasteiger partial charge is 0.308 e. The number of thiophene rings is 2. The summed E-state index contributed by atoms with van der Waals surface area (Å²) in [7, 11) is 0. The van der Waals surface area contributed by atoms with Crippen LogP contribution in [0.4, 0.5) is 0 Å². The lowest BCUT2D eigenvalue weighted by Crippen LogP contribution is -1.93. The van der Waals surface area contributed by atoms with E-state index in [2.05, 4.69) is 216 Å². The van der Waals surface area contributed by atoms with Gasteiger partial charge in [0.25, 0.3) is 0 Å². The van der Waals surface area contributed by atoms with Crippen molar-refractivity contribution >= 4 is 138 Å². The SMILES string of the molecule is Brc1cccc2c1sc1c(-n3c4ccccc4c4ccccc43)cccc12.Brc1cccc2c1sc1c(Br)cccc12.[C+]1=CC2=C(C=C1)c1ccccc1C2. The van der Waals surface area contributed by atoms with E-state index in [-0.39, 0.29) is 0 Å². The van der Waals surface area contributed by atoms with Crippen molar-refractivity contribution in [1.29, 1.82) is 0 Å². The molecule has 2 aliphatic carbocycles. The van der Waals surface area contributed by atoms with Crippen LogP contribution in [0.15, 0.2) is 183 Å². The summed E-state index contributed by atoms with van der Waals surface area (Å²) in [6.45, 7) is 0. The Morgan fingerprint density at radius 2 is 0.945 bits per heavy atom. The molecule has 0 unspecified atom stereocenters. The summed E-state index contributed by atoms with van der Waals surface area (Å²) >= 11 is 14.6. The van der Waals surface area contributed by atoms with Crippen molar-refractivity contribution in [2.45, 2.75) is 6.42 Å². The number of benzene rings is 7. The van der Waals surface area contributed by atoms with Gasteiger partial charge in [-0.05, 0) is 89.8 Å². The number of para-hydroxylation sites is 2. The van der Waals surface area contributed by atoms with E-state index >= 15 is 0 Å². The van der Waals surface area contributed by atoms with E-state index < -0.39 is 0 Å². The van der Waals surface area contributed by atoms with Gasteiger partial charge in [-0.1, -0.05) is 109 Å². The average molecular weight is 936 g/mol. The maximum atomic E-state index is 3.73. The van der Waals surface area contributed by atoms with Crippen LogP contribution in [-0.4, -0.2) is 4.57 Å². The molecule has 0 bridgehead atoms. The molecule has 0 amide bonds. The second-order valence-corrected chi connectivity index (χ2v) is 18.1. The van der Waals surface area contributed by atoms with Gasteiger partial charge in [0.15, 0.2) is 0 Å². The number of fused-ring (bicyclic) bond motifs is 11. The maximum Gasteiger partial charge on any atom is 0.107 e. The summed E-state index contributed by atoms with van der Waals surface area (Å²) in [4.78, 5) is 0. The maximum absolute atomic E-state index is 3.73. The standard InChI is InChI=1S/C24H14BrNS.C13H9.C12H6Br2S/c25-19-11-5-9-17-18-10-6-14-22(24(18)27-23(17)19)26-20-12-3-1-7-15(20)16-8-2-4-13-21(16)26;1-3-7-12-10(5-1)9-11-6-2-4-8-13(11)12;13-9-5-1-3-7-8-4-2-6-10(14)12(8)15-11(7)9/h1-14H;1,3-8H,9H2;1-6H/q;+1;. The van der Waals surface area contributed by atoms with Crippen molar-refractivity contribution in [3.05, 3.63) is 200 Å². The molecule has 262 valence electrons. The molecule has 0 radical (unpaired) electrons. The molecule has 0 fully saturated rings. The van der Waals surface area contributed by atoms with Crippen LogP contribution in [0.2, 0.25) is 0 Å². The van der Waals surface area contributed by atoms with Gasteiger partial charge in [0.2, 0.25) is 0 Å². The lowest BCUT2D eigenvalue weighted by molar-refractivity contribution is 1.20. The van der Waals surface area contributed by atoms with Crippen LogP contribution in [0.5, 0.6) is 0 Å². The molecule has 3 heterocycles. The van der Waals surface area contributed by atoms with E-state index in [1.54, 1.807) is 0 Å². The molecule has 0 aliphatic heterocycles. The van der Waals surface area contributed by atoms with Crippen LogP contribution in [-0.2, 0) is 6.42 Å². The topological polar surface area (TPSA) is 4.93 Å². The Bertz CT molecular complexity index is 3120. The van der Waals surface area contributed by atoms with Crippen LogP contribution < -0.4 is 0 Å². The Balaban J connectivity index is 0.000000112. The van der Waals surface area contributed by atoms with E-state index in [1.807, 2.05) is 28.7 Å². The number of nitrogens with zero attached hydrogens (tertiary/aromatic N) is 1. The molecule has 10 aromatic rings. The summed E-state index contributed by atoms with van der Waals surface area (Å²) in [5.74, 6) is 0. The highest BCUT2D eigenvalue weighted by Crippen LogP contribution is 2.44. The minimum absolute atomic E-state index is 1.07. The second kappa shape index (κ2) is 14.5. The minimum atomic E-state index is 1.07. The van der Waals surface area contributed by atoms with Crippen molar-refractivity contribution < 1.29 is 0 Å². The van der Waals surface area contributed by atoms with Gasteiger partial charge in [-0.25, -0.2) is 0 Å². The molecule has 0 spiro atoms. The Kier molecular flexibility index (Phi) is 9.15. The summed E-state index contributed by atoms with van der Waals surface area (Å²) in [5.41, 5.74) is 9.38. The van der Waals surface area contributed by atoms with Gasteiger partial charge in [0, 0.05) is 77.9 Å². The Morgan fingerprint density at radius 3 is 1.55 bits per heavy atom. The molecule has 6 heteroatoms. The Labute approximate surface area is 351 Å². The highest BCUT2D eigenvalue weighted by atomic mass is 79.9. The normalized spacial score (nSPS) is 12.9. The van der Waals surface area contributed by atoms with Crippen molar-refractivity contribution in [2.75, 3.05) is 0 Å². The monoisotopic (exact) mass is 932 g/mol. The van der Waals surface area contributed by atoms with Crippen molar-refractivity contribution in [2.24, 2.45) is 0 Å². The van der Waals surface area contributed by atoms with Crippen LogP contribution >= 0.6 is 70.5 Å². The number of hydrogen-bond donors (Lipinski definition) is 0. The highest BCUT2D eigenvalue weighted by molar-refractivity contribution is 9.11. The molecule has 55 heavy (non-hydrogen) atoms. The summed E-state index contributed by atoms with van der Waals surface area (Å²) in [6.07, 6.45) is 10.4. The van der Waals surface area contributed by atoms with Gasteiger partial charge in [0.05, 0.1) is 38.6 Å². The molecule has 3 aromatic heterocycles.